The van der Waals surface area contributed by atoms with Gasteiger partial charge >= 0.3 is 0 Å². The fourth-order valence-electron chi connectivity index (χ4n) is 1.63. The zero-order chi connectivity index (χ0) is 13.7. The summed E-state index contributed by atoms with van der Waals surface area (Å²) in [5.74, 6) is 0.154. The predicted octanol–water partition coefficient (Wildman–Crippen LogP) is 3.57. The molecule has 0 saturated carbocycles. The second kappa shape index (κ2) is 6.89. The molecule has 1 aromatic carbocycles. The van der Waals surface area contributed by atoms with Gasteiger partial charge in [0.15, 0.2) is 0 Å². The van der Waals surface area contributed by atoms with Crippen molar-refractivity contribution in [1.82, 2.24) is 4.98 Å². The number of aromatic nitrogens is 1. The van der Waals surface area contributed by atoms with Crippen molar-refractivity contribution in [3.63, 3.8) is 0 Å². The van der Waals surface area contributed by atoms with Crippen molar-refractivity contribution in [3.8, 4) is 0 Å². The van der Waals surface area contributed by atoms with E-state index in [0.717, 1.165) is 5.56 Å². The third-order valence-corrected chi connectivity index (χ3v) is 4.11. The number of benzene rings is 1. The van der Waals surface area contributed by atoms with Crippen molar-refractivity contribution in [2.75, 3.05) is 5.75 Å². The van der Waals surface area contributed by atoms with Gasteiger partial charge in [0.2, 0.25) is 0 Å². The topological polar surface area (TPSA) is 33.1 Å². The second-order valence-corrected chi connectivity index (χ2v) is 5.54. The van der Waals surface area contributed by atoms with E-state index in [0.29, 0.717) is 22.1 Å². The first kappa shape index (κ1) is 14.3. The summed E-state index contributed by atoms with van der Waals surface area (Å²) in [7, 11) is 0. The van der Waals surface area contributed by atoms with E-state index >= 15 is 0 Å². The van der Waals surface area contributed by atoms with Gasteiger partial charge in [-0.15, -0.1) is 11.8 Å². The minimum Gasteiger partial charge on any atom is -0.392 e. The number of hydrogen-bond acceptors (Lipinski definition) is 3. The predicted molar refractivity (Wildman–Crippen MR) is 76.1 cm³/mol. The molecule has 0 saturated heterocycles. The molecule has 19 heavy (non-hydrogen) atoms. The smallest absolute Gasteiger partial charge is 0.136 e. The van der Waals surface area contributed by atoms with Gasteiger partial charge in [-0.05, 0) is 23.8 Å². The van der Waals surface area contributed by atoms with E-state index in [9.17, 15) is 9.50 Å². The number of thioether (sulfide) groups is 1. The van der Waals surface area contributed by atoms with Crippen LogP contribution in [0.3, 0.4) is 0 Å². The van der Waals surface area contributed by atoms with Crippen LogP contribution in [-0.4, -0.2) is 21.9 Å². The molecule has 0 fully saturated rings. The normalized spacial score (nSPS) is 12.4. The SMILES string of the molecule is OC(CSc1ccccc1F)Cc1ccncc1Cl. The Balaban J connectivity index is 1.90. The highest BCUT2D eigenvalue weighted by Gasteiger charge is 2.10. The van der Waals surface area contributed by atoms with E-state index < -0.39 is 6.10 Å². The average Bonchev–Trinajstić information content (AvgIpc) is 2.40. The molecule has 0 bridgehead atoms. The molecule has 2 aromatic rings. The Morgan fingerprint density at radius 2 is 2.11 bits per heavy atom. The molecular weight excluding hydrogens is 285 g/mol. The van der Waals surface area contributed by atoms with Crippen molar-refractivity contribution in [1.29, 1.82) is 0 Å². The number of nitrogens with zero attached hydrogens (tertiary/aromatic N) is 1. The highest BCUT2D eigenvalue weighted by molar-refractivity contribution is 7.99. The van der Waals surface area contributed by atoms with Gasteiger partial charge in [0, 0.05) is 29.5 Å². The summed E-state index contributed by atoms with van der Waals surface area (Å²) < 4.78 is 13.4. The number of aliphatic hydroxyl groups excluding tert-OH is 1. The molecule has 1 heterocycles. The second-order valence-electron chi connectivity index (χ2n) is 4.07. The first-order valence-corrected chi connectivity index (χ1v) is 7.17. The van der Waals surface area contributed by atoms with Crippen molar-refractivity contribution < 1.29 is 9.50 Å². The molecular formula is C14H13ClFNOS. The Bertz CT molecular complexity index is 552. The standard InChI is InChI=1S/C14H13ClFNOS/c15-12-8-17-6-5-10(12)7-11(18)9-19-14-4-2-1-3-13(14)16/h1-6,8,11,18H,7,9H2. The van der Waals surface area contributed by atoms with Gasteiger partial charge in [0.1, 0.15) is 5.82 Å². The van der Waals surface area contributed by atoms with Crippen molar-refractivity contribution in [2.45, 2.75) is 17.4 Å². The van der Waals surface area contributed by atoms with Gasteiger partial charge in [0.25, 0.3) is 0 Å². The summed E-state index contributed by atoms with van der Waals surface area (Å²) in [4.78, 5) is 4.43. The molecule has 5 heteroatoms. The molecule has 1 atom stereocenters. The number of pyridine rings is 1. The van der Waals surface area contributed by atoms with E-state index in [2.05, 4.69) is 4.98 Å². The monoisotopic (exact) mass is 297 g/mol. The van der Waals surface area contributed by atoms with Crippen LogP contribution in [0.15, 0.2) is 47.6 Å². The van der Waals surface area contributed by atoms with Gasteiger partial charge in [0.05, 0.1) is 11.1 Å². The average molecular weight is 298 g/mol. The molecule has 100 valence electrons. The molecule has 1 aromatic heterocycles. The molecule has 0 spiro atoms. The maximum absolute atomic E-state index is 13.4. The Morgan fingerprint density at radius 1 is 1.32 bits per heavy atom. The van der Waals surface area contributed by atoms with Crippen LogP contribution in [0.1, 0.15) is 5.56 Å². The van der Waals surface area contributed by atoms with Crippen LogP contribution < -0.4 is 0 Å². The molecule has 0 aliphatic rings. The van der Waals surface area contributed by atoms with E-state index in [1.165, 1.54) is 17.8 Å². The zero-order valence-corrected chi connectivity index (χ0v) is 11.7. The van der Waals surface area contributed by atoms with Gasteiger partial charge in [-0.25, -0.2) is 4.39 Å². The Kier molecular flexibility index (Phi) is 5.19. The van der Waals surface area contributed by atoms with Crippen LogP contribution in [0.4, 0.5) is 4.39 Å². The van der Waals surface area contributed by atoms with Crippen molar-refractivity contribution in [3.05, 3.63) is 59.1 Å². The Morgan fingerprint density at radius 3 is 2.84 bits per heavy atom. The summed E-state index contributed by atoms with van der Waals surface area (Å²) in [6.07, 6.45) is 3.04. The number of hydrogen-bond donors (Lipinski definition) is 1. The molecule has 1 unspecified atom stereocenters. The van der Waals surface area contributed by atoms with Crippen LogP contribution in [0.25, 0.3) is 0 Å². The third-order valence-electron chi connectivity index (χ3n) is 2.58. The Hall–Kier alpha value is -1.10. The van der Waals surface area contributed by atoms with Crippen LogP contribution in [0.2, 0.25) is 5.02 Å². The molecule has 2 rings (SSSR count). The molecule has 0 aliphatic heterocycles. The van der Waals surface area contributed by atoms with Crippen LogP contribution in [0, 0.1) is 5.82 Å². The van der Waals surface area contributed by atoms with E-state index in [1.807, 2.05) is 0 Å². The van der Waals surface area contributed by atoms with E-state index in [-0.39, 0.29) is 5.82 Å². The fourth-order valence-corrected chi connectivity index (χ4v) is 2.70. The molecule has 0 aliphatic carbocycles. The maximum Gasteiger partial charge on any atom is 0.136 e. The molecule has 2 nitrogen and oxygen atoms in total. The first-order valence-electron chi connectivity index (χ1n) is 5.80. The minimum atomic E-state index is -0.579. The van der Waals surface area contributed by atoms with Gasteiger partial charge in [-0.1, -0.05) is 23.7 Å². The largest absolute Gasteiger partial charge is 0.392 e. The summed E-state index contributed by atoms with van der Waals surface area (Å²) in [5.41, 5.74) is 0.846. The van der Waals surface area contributed by atoms with Crippen molar-refractivity contribution in [2.24, 2.45) is 0 Å². The maximum atomic E-state index is 13.4. The zero-order valence-electron chi connectivity index (χ0n) is 10.1. The van der Waals surface area contributed by atoms with Crippen LogP contribution >= 0.6 is 23.4 Å². The van der Waals surface area contributed by atoms with E-state index in [1.54, 1.807) is 36.7 Å². The molecule has 0 radical (unpaired) electrons. The van der Waals surface area contributed by atoms with Crippen LogP contribution in [-0.2, 0) is 6.42 Å². The number of rotatable bonds is 5. The molecule has 1 N–H and O–H groups in total. The summed E-state index contributed by atoms with van der Waals surface area (Å²) in [6, 6.07) is 8.31. The van der Waals surface area contributed by atoms with Gasteiger partial charge in [-0.2, -0.15) is 0 Å². The fraction of sp³-hybridized carbons (Fsp3) is 0.214. The van der Waals surface area contributed by atoms with E-state index in [4.69, 9.17) is 11.6 Å². The quantitative estimate of drug-likeness (QED) is 0.857. The van der Waals surface area contributed by atoms with Crippen LogP contribution in [0.5, 0.6) is 0 Å². The lowest BCUT2D eigenvalue weighted by atomic mass is 10.1. The van der Waals surface area contributed by atoms with Gasteiger partial charge < -0.3 is 5.11 Å². The number of halogens is 2. The minimum absolute atomic E-state index is 0.262. The van der Waals surface area contributed by atoms with Crippen molar-refractivity contribution >= 4 is 23.4 Å². The Labute approximate surface area is 120 Å². The lowest BCUT2D eigenvalue weighted by molar-refractivity contribution is 0.200. The summed E-state index contributed by atoms with van der Waals surface area (Å²) >= 11 is 7.27. The third kappa shape index (κ3) is 4.20. The van der Waals surface area contributed by atoms with Gasteiger partial charge in [-0.3, -0.25) is 4.98 Å². The highest BCUT2D eigenvalue weighted by Crippen LogP contribution is 2.23. The summed E-state index contributed by atoms with van der Waals surface area (Å²) in [5, 5.41) is 10.5. The lowest BCUT2D eigenvalue weighted by Gasteiger charge is -2.11. The molecule has 0 amide bonds. The first-order chi connectivity index (χ1) is 9.16. The number of aliphatic hydroxyl groups is 1. The summed E-state index contributed by atoms with van der Waals surface area (Å²) in [6.45, 7) is 0. The highest BCUT2D eigenvalue weighted by atomic mass is 35.5. The lowest BCUT2D eigenvalue weighted by Crippen LogP contribution is -2.14.